The molecule has 1 aromatic carbocycles. The van der Waals surface area contributed by atoms with Crippen LogP contribution >= 0.6 is 0 Å². The number of nitrogens with zero attached hydrogens (tertiary/aromatic N) is 2. The molecule has 2 unspecified atom stereocenters. The van der Waals surface area contributed by atoms with E-state index in [9.17, 15) is 14.7 Å². The second-order valence-electron chi connectivity index (χ2n) is 6.55. The van der Waals surface area contributed by atoms with Crippen molar-refractivity contribution < 1.29 is 14.4 Å². The molecule has 1 amide bonds. The monoisotopic (exact) mass is 341 g/mol. The van der Waals surface area contributed by atoms with E-state index < -0.39 is 6.09 Å². The minimum Gasteiger partial charge on any atom is -0.465 e. The van der Waals surface area contributed by atoms with Gasteiger partial charge in [-0.2, -0.15) is 5.16 Å². The molecule has 0 radical (unpaired) electrons. The number of carboxylic acid groups (broad SMARTS) is 1. The number of aromatic nitrogens is 2. The Morgan fingerprint density at radius 1 is 1.28 bits per heavy atom. The van der Waals surface area contributed by atoms with Crippen molar-refractivity contribution in [2.24, 2.45) is 0 Å². The minimum absolute atomic E-state index is 0.0459. The van der Waals surface area contributed by atoms with Crippen molar-refractivity contribution in [2.75, 3.05) is 6.54 Å². The highest BCUT2D eigenvalue weighted by Crippen LogP contribution is 2.32. The molecular formula is C18H19N3O4. The minimum atomic E-state index is -0.907. The Morgan fingerprint density at radius 2 is 2.00 bits per heavy atom. The Hall–Kier alpha value is -2.96. The normalized spacial score (nSPS) is 20.9. The lowest BCUT2D eigenvalue weighted by Crippen LogP contribution is -2.46. The van der Waals surface area contributed by atoms with Crippen molar-refractivity contribution in [2.45, 2.75) is 31.3 Å². The van der Waals surface area contributed by atoms with Gasteiger partial charge in [0.25, 0.3) is 5.56 Å². The van der Waals surface area contributed by atoms with E-state index in [0.29, 0.717) is 31.7 Å². The molecule has 0 saturated carbocycles. The number of fused-ring (bicyclic) bond motifs is 1. The summed E-state index contributed by atoms with van der Waals surface area (Å²) >= 11 is 0. The molecule has 3 heterocycles. The molecule has 25 heavy (non-hydrogen) atoms. The number of likely N-dealkylation sites (tertiary alicyclic amines) is 1. The number of benzene rings is 1. The van der Waals surface area contributed by atoms with E-state index in [1.165, 1.54) is 11.0 Å². The van der Waals surface area contributed by atoms with E-state index in [-0.39, 0.29) is 17.5 Å². The molecule has 4 rings (SSSR count). The van der Waals surface area contributed by atoms with Crippen molar-refractivity contribution in [3.05, 3.63) is 58.8 Å². The van der Waals surface area contributed by atoms with E-state index in [0.717, 1.165) is 10.8 Å². The van der Waals surface area contributed by atoms with Gasteiger partial charge >= 0.3 is 6.09 Å². The van der Waals surface area contributed by atoms with Crippen LogP contribution < -0.4 is 5.56 Å². The summed E-state index contributed by atoms with van der Waals surface area (Å²) in [6, 6.07) is 9.35. The maximum Gasteiger partial charge on any atom is 0.407 e. The van der Waals surface area contributed by atoms with Crippen molar-refractivity contribution in [3.8, 4) is 0 Å². The van der Waals surface area contributed by atoms with Crippen LogP contribution in [0, 0.1) is 0 Å². The molecule has 0 bridgehead atoms. The Labute approximate surface area is 143 Å². The predicted octanol–water partition coefficient (Wildman–Crippen LogP) is 2.85. The Morgan fingerprint density at radius 3 is 2.60 bits per heavy atom. The third-order valence-electron chi connectivity index (χ3n) is 4.93. The topological polar surface area (TPSA) is 91.5 Å². The zero-order chi connectivity index (χ0) is 17.4. The van der Waals surface area contributed by atoms with Gasteiger partial charge in [-0.05, 0) is 23.6 Å². The van der Waals surface area contributed by atoms with Crippen LogP contribution in [-0.2, 0) is 6.54 Å². The van der Waals surface area contributed by atoms with Gasteiger partial charge in [-0.1, -0.05) is 24.3 Å². The van der Waals surface area contributed by atoms with Gasteiger partial charge in [0, 0.05) is 37.5 Å². The van der Waals surface area contributed by atoms with E-state index in [1.54, 1.807) is 0 Å². The number of hydrogen-bond acceptors (Lipinski definition) is 3. The average Bonchev–Trinajstić information content (AvgIpc) is 3.20. The molecule has 130 valence electrons. The lowest BCUT2D eigenvalue weighted by atomic mass is 9.89. The summed E-state index contributed by atoms with van der Waals surface area (Å²) in [5.41, 5.74) is -0.260. The highest BCUT2D eigenvalue weighted by Gasteiger charge is 2.34. The maximum absolute atomic E-state index is 11.6. The number of carbonyl (C=O) groups is 1. The summed E-state index contributed by atoms with van der Waals surface area (Å²) in [5.74, 6) is 0.655. The third-order valence-corrected chi connectivity index (χ3v) is 4.93. The number of nitrogens with one attached hydrogen (secondary N) is 1. The quantitative estimate of drug-likeness (QED) is 0.766. The van der Waals surface area contributed by atoms with E-state index >= 15 is 0 Å². The first-order valence-electron chi connectivity index (χ1n) is 8.32. The average molecular weight is 341 g/mol. The number of rotatable bonds is 3. The lowest BCUT2D eigenvalue weighted by molar-refractivity contribution is 0.0902. The standard InChI is InChI=1S/C18H19N3O4/c22-17-8-16(25-19-17)12-5-6-21(18(23)24)15(7-12)11-20-9-13-3-1-2-4-14(13)10-20/h1-4,8-10,12,15H,5-7,11H2,(H,19,22)(H,23,24). The van der Waals surface area contributed by atoms with Gasteiger partial charge in [0.15, 0.2) is 0 Å². The van der Waals surface area contributed by atoms with Gasteiger partial charge in [0.05, 0.1) is 6.04 Å². The van der Waals surface area contributed by atoms with Gasteiger partial charge in [-0.25, -0.2) is 4.79 Å². The van der Waals surface area contributed by atoms with E-state index in [1.807, 2.05) is 41.2 Å². The van der Waals surface area contributed by atoms with Crippen LogP contribution in [0.25, 0.3) is 10.8 Å². The van der Waals surface area contributed by atoms with Gasteiger partial charge in [-0.15, -0.1) is 0 Å². The van der Waals surface area contributed by atoms with Crippen LogP contribution in [0.4, 0.5) is 4.79 Å². The predicted molar refractivity (Wildman–Crippen MR) is 91.8 cm³/mol. The van der Waals surface area contributed by atoms with Crippen molar-refractivity contribution in [3.63, 3.8) is 0 Å². The Bertz CT molecular complexity index is 921. The molecule has 7 heteroatoms. The summed E-state index contributed by atoms with van der Waals surface area (Å²) in [6.45, 7) is 1.01. The van der Waals surface area contributed by atoms with Crippen LogP contribution in [0.5, 0.6) is 0 Å². The first-order valence-corrected chi connectivity index (χ1v) is 8.32. The molecule has 3 aromatic rings. The second-order valence-corrected chi connectivity index (χ2v) is 6.55. The molecule has 0 aliphatic carbocycles. The molecule has 2 atom stereocenters. The zero-order valence-electron chi connectivity index (χ0n) is 13.6. The third kappa shape index (κ3) is 3.05. The van der Waals surface area contributed by atoms with Crippen LogP contribution in [0.15, 0.2) is 52.0 Å². The van der Waals surface area contributed by atoms with Gasteiger partial charge in [0.2, 0.25) is 0 Å². The molecule has 1 saturated heterocycles. The summed E-state index contributed by atoms with van der Waals surface area (Å²) in [5, 5.41) is 14.1. The first kappa shape index (κ1) is 15.6. The highest BCUT2D eigenvalue weighted by molar-refractivity contribution is 5.82. The molecule has 7 nitrogen and oxygen atoms in total. The Kier molecular flexibility index (Phi) is 3.83. The van der Waals surface area contributed by atoms with Crippen molar-refractivity contribution in [1.29, 1.82) is 0 Å². The van der Waals surface area contributed by atoms with Crippen molar-refractivity contribution >= 4 is 16.9 Å². The molecule has 1 fully saturated rings. The molecule has 1 aliphatic rings. The highest BCUT2D eigenvalue weighted by atomic mass is 16.5. The summed E-state index contributed by atoms with van der Waals surface area (Å²) in [7, 11) is 0. The molecule has 2 N–H and O–H groups in total. The molecule has 0 spiro atoms. The smallest absolute Gasteiger partial charge is 0.407 e. The molecular weight excluding hydrogens is 322 g/mol. The van der Waals surface area contributed by atoms with E-state index in [2.05, 4.69) is 5.16 Å². The first-order chi connectivity index (χ1) is 12.1. The zero-order valence-corrected chi connectivity index (χ0v) is 13.6. The van der Waals surface area contributed by atoms with Crippen LogP contribution in [0.3, 0.4) is 0 Å². The van der Waals surface area contributed by atoms with E-state index in [4.69, 9.17) is 4.52 Å². The van der Waals surface area contributed by atoms with Crippen LogP contribution in [0.2, 0.25) is 0 Å². The number of aromatic amines is 1. The Balaban J connectivity index is 1.58. The number of hydrogen-bond donors (Lipinski definition) is 2. The number of H-pyrrole nitrogens is 1. The summed E-state index contributed by atoms with van der Waals surface area (Å²) in [4.78, 5) is 24.4. The van der Waals surface area contributed by atoms with Crippen LogP contribution in [0.1, 0.15) is 24.5 Å². The lowest BCUT2D eigenvalue weighted by Gasteiger charge is -2.37. The second kappa shape index (κ2) is 6.16. The summed E-state index contributed by atoms with van der Waals surface area (Å²) in [6.07, 6.45) is 4.44. The fourth-order valence-corrected chi connectivity index (χ4v) is 3.72. The number of amides is 1. The van der Waals surface area contributed by atoms with Gasteiger partial charge < -0.3 is 19.1 Å². The SMILES string of the molecule is O=C(O)N1CCC(c2cc(=O)[nH]o2)CC1Cn1cc2ccccc2c1. The fourth-order valence-electron chi connectivity index (χ4n) is 3.72. The van der Waals surface area contributed by atoms with Crippen molar-refractivity contribution in [1.82, 2.24) is 14.6 Å². The largest absolute Gasteiger partial charge is 0.465 e. The summed E-state index contributed by atoms with van der Waals surface area (Å²) < 4.78 is 7.28. The van der Waals surface area contributed by atoms with Crippen LogP contribution in [-0.4, -0.2) is 38.4 Å². The van der Waals surface area contributed by atoms with Gasteiger partial charge in [0.1, 0.15) is 5.76 Å². The maximum atomic E-state index is 11.6. The fraction of sp³-hybridized carbons (Fsp3) is 0.333. The number of piperidine rings is 1. The molecule has 1 aliphatic heterocycles. The molecule has 2 aromatic heterocycles. The van der Waals surface area contributed by atoms with Gasteiger partial charge in [-0.3, -0.25) is 4.79 Å².